The van der Waals surface area contributed by atoms with Gasteiger partial charge in [0, 0.05) is 10.0 Å². The van der Waals surface area contributed by atoms with Gasteiger partial charge in [0.2, 0.25) is 0 Å². The molecule has 8 heteroatoms. The molecule has 0 unspecified atom stereocenters. The van der Waals surface area contributed by atoms with Crippen molar-refractivity contribution in [2.45, 2.75) is 25.6 Å². The Morgan fingerprint density at radius 1 is 1.00 bits per heavy atom. The van der Waals surface area contributed by atoms with Crippen LogP contribution < -0.4 is 5.01 Å². The molecule has 0 bridgehead atoms. The first-order chi connectivity index (χ1) is 12.2. The molecule has 0 saturated heterocycles. The van der Waals surface area contributed by atoms with Crippen LogP contribution in [0.3, 0.4) is 0 Å². The smallest absolute Gasteiger partial charge is 0.256 e. The van der Waals surface area contributed by atoms with E-state index in [4.69, 9.17) is 34.8 Å². The number of nitrogens with zero attached hydrogens (tertiary/aromatic N) is 2. The van der Waals surface area contributed by atoms with Crippen molar-refractivity contribution >= 4 is 46.2 Å². The lowest BCUT2D eigenvalue weighted by atomic mass is 9.88. The number of rotatable bonds is 3. The standard InChI is InChI=1S/C18H14Cl3F3N2/c1-2-14-16(18(22,23)24)17(10-3-5-11(19)6-4-10)26(25-14)15-8-7-12(20)9-13(15)21/h3-9,16-17H,2H2,1H3/t16-,17+/m0/s1. The van der Waals surface area contributed by atoms with Crippen molar-refractivity contribution in [2.75, 3.05) is 5.01 Å². The Kier molecular flexibility index (Phi) is 5.42. The van der Waals surface area contributed by atoms with Crippen LogP contribution in [0.4, 0.5) is 18.9 Å². The number of halogens is 6. The molecule has 2 aromatic rings. The van der Waals surface area contributed by atoms with Gasteiger partial charge >= 0.3 is 6.18 Å². The fourth-order valence-corrected chi connectivity index (χ4v) is 3.73. The summed E-state index contributed by atoms with van der Waals surface area (Å²) in [7, 11) is 0. The van der Waals surface area contributed by atoms with Crippen LogP contribution in [0.1, 0.15) is 24.9 Å². The first kappa shape index (κ1) is 19.3. The zero-order valence-corrected chi connectivity index (χ0v) is 15.8. The molecule has 0 radical (unpaired) electrons. The Labute approximate surface area is 164 Å². The number of anilines is 1. The molecular formula is C18H14Cl3F3N2. The number of hydrogen-bond acceptors (Lipinski definition) is 2. The molecule has 0 N–H and O–H groups in total. The summed E-state index contributed by atoms with van der Waals surface area (Å²) in [6.07, 6.45) is -4.28. The first-order valence-corrected chi connectivity index (χ1v) is 8.99. The summed E-state index contributed by atoms with van der Waals surface area (Å²) in [5.41, 5.74) is 0.882. The van der Waals surface area contributed by atoms with Crippen molar-refractivity contribution in [1.29, 1.82) is 0 Å². The second-order valence-electron chi connectivity index (χ2n) is 5.90. The lowest BCUT2D eigenvalue weighted by Crippen LogP contribution is -2.36. The number of hydrazone groups is 1. The monoisotopic (exact) mass is 420 g/mol. The van der Waals surface area contributed by atoms with E-state index in [0.29, 0.717) is 21.3 Å². The highest BCUT2D eigenvalue weighted by atomic mass is 35.5. The van der Waals surface area contributed by atoms with E-state index in [0.717, 1.165) is 0 Å². The quantitative estimate of drug-likeness (QED) is 0.513. The number of alkyl halides is 3. The maximum Gasteiger partial charge on any atom is 0.399 e. The van der Waals surface area contributed by atoms with Crippen LogP contribution in [0.2, 0.25) is 15.1 Å². The average Bonchev–Trinajstić information content (AvgIpc) is 2.95. The van der Waals surface area contributed by atoms with Crippen molar-refractivity contribution in [1.82, 2.24) is 0 Å². The van der Waals surface area contributed by atoms with Gasteiger partial charge < -0.3 is 0 Å². The molecule has 0 fully saturated rings. The second-order valence-corrected chi connectivity index (χ2v) is 7.18. The third-order valence-corrected chi connectivity index (χ3v) is 5.05. The Bertz CT molecular complexity index is 835. The normalized spacial score (nSPS) is 20.4. The molecule has 2 aromatic carbocycles. The van der Waals surface area contributed by atoms with Crippen LogP contribution >= 0.6 is 34.8 Å². The van der Waals surface area contributed by atoms with Gasteiger partial charge in [-0.1, -0.05) is 53.9 Å². The van der Waals surface area contributed by atoms with E-state index in [9.17, 15) is 13.2 Å². The molecule has 26 heavy (non-hydrogen) atoms. The van der Waals surface area contributed by atoms with Gasteiger partial charge in [-0.25, -0.2) is 0 Å². The Morgan fingerprint density at radius 2 is 1.62 bits per heavy atom. The summed E-state index contributed by atoms with van der Waals surface area (Å²) >= 11 is 18.1. The third kappa shape index (κ3) is 3.66. The molecule has 1 aliphatic rings. The van der Waals surface area contributed by atoms with E-state index >= 15 is 0 Å². The van der Waals surface area contributed by atoms with Gasteiger partial charge in [-0.2, -0.15) is 18.3 Å². The van der Waals surface area contributed by atoms with Crippen LogP contribution in [0.15, 0.2) is 47.6 Å². The molecule has 2 nitrogen and oxygen atoms in total. The maximum atomic E-state index is 13.9. The largest absolute Gasteiger partial charge is 0.399 e. The summed E-state index contributed by atoms with van der Waals surface area (Å²) in [6, 6.07) is 9.85. The van der Waals surface area contributed by atoms with Gasteiger partial charge in [-0.3, -0.25) is 5.01 Å². The molecule has 1 aliphatic heterocycles. The third-order valence-electron chi connectivity index (χ3n) is 4.26. The highest BCUT2D eigenvalue weighted by Gasteiger charge is 2.53. The van der Waals surface area contributed by atoms with Crippen molar-refractivity contribution in [3.63, 3.8) is 0 Å². The van der Waals surface area contributed by atoms with Crippen LogP contribution in [0.25, 0.3) is 0 Å². The topological polar surface area (TPSA) is 15.6 Å². The number of hydrogen-bond donors (Lipinski definition) is 0. The molecule has 2 atom stereocenters. The van der Waals surface area contributed by atoms with Crippen molar-refractivity contribution in [3.05, 3.63) is 63.1 Å². The SMILES string of the molecule is CCC1=NN(c2ccc(Cl)cc2Cl)[C@H](c2ccc(Cl)cc2)[C@H]1C(F)(F)F. The molecular weight excluding hydrogens is 408 g/mol. The Hall–Kier alpha value is -1.43. The van der Waals surface area contributed by atoms with E-state index in [-0.39, 0.29) is 17.2 Å². The van der Waals surface area contributed by atoms with E-state index < -0.39 is 18.1 Å². The summed E-state index contributed by atoms with van der Waals surface area (Å²) in [5.74, 6) is -1.74. The first-order valence-electron chi connectivity index (χ1n) is 7.86. The van der Waals surface area contributed by atoms with Gasteiger partial charge in [-0.05, 0) is 42.3 Å². The predicted molar refractivity (Wildman–Crippen MR) is 100 cm³/mol. The van der Waals surface area contributed by atoms with Gasteiger partial charge in [0.25, 0.3) is 0 Å². The van der Waals surface area contributed by atoms with Crippen LogP contribution in [0, 0.1) is 5.92 Å². The lowest BCUT2D eigenvalue weighted by molar-refractivity contribution is -0.159. The lowest BCUT2D eigenvalue weighted by Gasteiger charge is -2.30. The Morgan fingerprint density at radius 3 is 2.15 bits per heavy atom. The van der Waals surface area contributed by atoms with Gasteiger partial charge in [0.05, 0.1) is 22.5 Å². The summed E-state index contributed by atoms with van der Waals surface area (Å²) in [6.45, 7) is 1.66. The van der Waals surface area contributed by atoms with Crippen molar-refractivity contribution < 1.29 is 13.2 Å². The molecule has 0 aliphatic carbocycles. The molecule has 0 saturated carbocycles. The van der Waals surface area contributed by atoms with Gasteiger partial charge in [0.1, 0.15) is 5.92 Å². The van der Waals surface area contributed by atoms with Gasteiger partial charge in [-0.15, -0.1) is 0 Å². The minimum atomic E-state index is -4.45. The molecule has 3 rings (SSSR count). The summed E-state index contributed by atoms with van der Waals surface area (Å²) in [5, 5.41) is 6.68. The molecule has 0 spiro atoms. The Balaban J connectivity index is 2.16. The van der Waals surface area contributed by atoms with Crippen LogP contribution in [-0.4, -0.2) is 11.9 Å². The fraction of sp³-hybridized carbons (Fsp3) is 0.278. The summed E-state index contributed by atoms with van der Waals surface area (Å²) in [4.78, 5) is 0. The number of benzene rings is 2. The second kappa shape index (κ2) is 7.29. The van der Waals surface area contributed by atoms with Crippen LogP contribution in [0.5, 0.6) is 0 Å². The van der Waals surface area contributed by atoms with Crippen molar-refractivity contribution in [3.8, 4) is 0 Å². The van der Waals surface area contributed by atoms with E-state index in [1.165, 1.54) is 11.1 Å². The zero-order chi connectivity index (χ0) is 19.1. The minimum Gasteiger partial charge on any atom is -0.256 e. The van der Waals surface area contributed by atoms with Crippen molar-refractivity contribution in [2.24, 2.45) is 11.0 Å². The predicted octanol–water partition coefficient (Wildman–Crippen LogP) is 7.15. The highest BCUT2D eigenvalue weighted by molar-refractivity contribution is 6.36. The molecule has 0 aromatic heterocycles. The van der Waals surface area contributed by atoms with E-state index in [1.807, 2.05) is 0 Å². The summed E-state index contributed by atoms with van der Waals surface area (Å²) < 4.78 is 41.6. The molecule has 0 amide bonds. The van der Waals surface area contributed by atoms with Gasteiger partial charge in [0.15, 0.2) is 0 Å². The van der Waals surface area contributed by atoms with Crippen LogP contribution in [-0.2, 0) is 0 Å². The maximum absolute atomic E-state index is 13.9. The molecule has 1 heterocycles. The van der Waals surface area contributed by atoms with E-state index in [2.05, 4.69) is 5.10 Å². The minimum absolute atomic E-state index is 0.0588. The fourth-order valence-electron chi connectivity index (χ4n) is 3.11. The highest BCUT2D eigenvalue weighted by Crippen LogP contribution is 2.48. The molecule has 138 valence electrons. The van der Waals surface area contributed by atoms with E-state index in [1.54, 1.807) is 43.3 Å². The zero-order valence-electron chi connectivity index (χ0n) is 13.6. The average molecular weight is 422 g/mol.